The van der Waals surface area contributed by atoms with E-state index in [4.69, 9.17) is 9.15 Å². The second kappa shape index (κ2) is 9.04. The van der Waals surface area contributed by atoms with Crippen molar-refractivity contribution in [1.29, 1.82) is 0 Å². The maximum absolute atomic E-state index is 12.6. The number of hydrogen-bond acceptors (Lipinski definition) is 5. The molecule has 0 unspecified atom stereocenters. The fourth-order valence-corrected chi connectivity index (χ4v) is 4.56. The van der Waals surface area contributed by atoms with Crippen molar-refractivity contribution in [3.8, 4) is 0 Å². The molecule has 0 radical (unpaired) electrons. The summed E-state index contributed by atoms with van der Waals surface area (Å²) in [6.07, 6.45) is 9.40. The molecule has 0 bridgehead atoms. The van der Waals surface area contributed by atoms with E-state index < -0.39 is 0 Å². The van der Waals surface area contributed by atoms with Crippen molar-refractivity contribution in [1.82, 2.24) is 0 Å². The van der Waals surface area contributed by atoms with Crippen LogP contribution in [0.15, 0.2) is 22.6 Å². The summed E-state index contributed by atoms with van der Waals surface area (Å²) in [6.45, 7) is 3.96. The monoisotopic (exact) mass is 387 g/mol. The number of thiophene rings is 1. The summed E-state index contributed by atoms with van der Waals surface area (Å²) in [6, 6.07) is 3.65. The van der Waals surface area contributed by atoms with Crippen LogP contribution in [0, 0.1) is 6.92 Å². The van der Waals surface area contributed by atoms with Gasteiger partial charge in [0.1, 0.15) is 16.5 Å². The largest absolute Gasteiger partial charge is 0.462 e. The number of nitrogens with one attached hydrogen (secondary N) is 1. The van der Waals surface area contributed by atoms with E-state index in [1.54, 1.807) is 19.1 Å². The Labute approximate surface area is 163 Å². The van der Waals surface area contributed by atoms with E-state index >= 15 is 0 Å². The van der Waals surface area contributed by atoms with Crippen LogP contribution in [0.25, 0.3) is 6.08 Å². The third-order valence-electron chi connectivity index (χ3n) is 4.55. The minimum Gasteiger partial charge on any atom is -0.462 e. The topological polar surface area (TPSA) is 68.5 Å². The highest BCUT2D eigenvalue weighted by Gasteiger charge is 2.25. The maximum atomic E-state index is 12.6. The number of fused-ring (bicyclic) bond motifs is 1. The van der Waals surface area contributed by atoms with Gasteiger partial charge in [-0.05, 0) is 63.3 Å². The van der Waals surface area contributed by atoms with Gasteiger partial charge >= 0.3 is 5.97 Å². The number of hydrogen-bond donors (Lipinski definition) is 1. The van der Waals surface area contributed by atoms with Crippen LogP contribution in [0.3, 0.4) is 0 Å². The fraction of sp³-hybridized carbons (Fsp3) is 0.429. The molecule has 0 aliphatic heterocycles. The molecular weight excluding hydrogens is 362 g/mol. The van der Waals surface area contributed by atoms with Crippen LogP contribution in [-0.2, 0) is 22.4 Å². The Bertz CT molecular complexity index is 846. The van der Waals surface area contributed by atoms with Crippen molar-refractivity contribution in [2.24, 2.45) is 0 Å². The molecule has 0 saturated carbocycles. The zero-order valence-electron chi connectivity index (χ0n) is 15.8. The molecule has 5 nitrogen and oxygen atoms in total. The molecule has 1 amide bonds. The summed E-state index contributed by atoms with van der Waals surface area (Å²) in [5.74, 6) is 0.768. The average molecular weight is 388 g/mol. The Morgan fingerprint density at radius 2 is 2.00 bits per heavy atom. The molecule has 3 rings (SSSR count). The quantitative estimate of drug-likeness (QED) is 0.570. The highest BCUT2D eigenvalue weighted by molar-refractivity contribution is 7.17. The van der Waals surface area contributed by atoms with Crippen LogP contribution in [-0.4, -0.2) is 18.5 Å². The van der Waals surface area contributed by atoms with Gasteiger partial charge < -0.3 is 14.5 Å². The Kier molecular flexibility index (Phi) is 6.50. The molecule has 0 atom stereocenters. The van der Waals surface area contributed by atoms with Gasteiger partial charge in [0.2, 0.25) is 5.91 Å². The zero-order chi connectivity index (χ0) is 19.2. The standard InChI is InChI=1S/C21H25NO4S/c1-3-25-21(24)19-16-8-6-4-5-7-9-17(16)27-20(19)22-18(23)13-12-15-11-10-14(2)26-15/h10-13H,3-9H2,1-2H3,(H,22,23). The van der Waals surface area contributed by atoms with Gasteiger partial charge in [0.25, 0.3) is 0 Å². The van der Waals surface area contributed by atoms with Gasteiger partial charge in [-0.25, -0.2) is 4.79 Å². The van der Waals surface area contributed by atoms with E-state index in [9.17, 15) is 9.59 Å². The summed E-state index contributed by atoms with van der Waals surface area (Å²) >= 11 is 1.50. The van der Waals surface area contributed by atoms with E-state index in [-0.39, 0.29) is 11.9 Å². The van der Waals surface area contributed by atoms with Crippen molar-refractivity contribution in [3.63, 3.8) is 0 Å². The highest BCUT2D eigenvalue weighted by Crippen LogP contribution is 2.37. The fourth-order valence-electron chi connectivity index (χ4n) is 3.28. The molecule has 1 N–H and O–H groups in total. The summed E-state index contributed by atoms with van der Waals surface area (Å²) in [5.41, 5.74) is 1.59. The van der Waals surface area contributed by atoms with Crippen molar-refractivity contribution in [2.75, 3.05) is 11.9 Å². The summed E-state index contributed by atoms with van der Waals surface area (Å²) in [7, 11) is 0. The molecular formula is C21H25NO4S. The third kappa shape index (κ3) is 4.89. The number of amides is 1. The normalized spacial score (nSPS) is 14.4. The Hall–Kier alpha value is -2.34. The molecule has 27 heavy (non-hydrogen) atoms. The van der Waals surface area contributed by atoms with Crippen LogP contribution in [0.1, 0.15) is 64.9 Å². The van der Waals surface area contributed by atoms with Crippen LogP contribution < -0.4 is 5.32 Å². The number of carbonyl (C=O) groups is 2. The number of esters is 1. The van der Waals surface area contributed by atoms with E-state index in [2.05, 4.69) is 5.32 Å². The first-order valence-electron chi connectivity index (χ1n) is 9.45. The van der Waals surface area contributed by atoms with E-state index in [1.807, 2.05) is 13.0 Å². The first-order valence-corrected chi connectivity index (χ1v) is 10.3. The SMILES string of the molecule is CCOC(=O)c1c(NC(=O)C=Cc2ccc(C)o2)sc2c1CCCCCC2. The van der Waals surface area contributed by atoms with Crippen molar-refractivity contribution in [2.45, 2.75) is 52.4 Å². The molecule has 6 heteroatoms. The Morgan fingerprint density at radius 3 is 2.70 bits per heavy atom. The molecule has 0 aromatic carbocycles. The molecule has 0 saturated heterocycles. The van der Waals surface area contributed by atoms with Crippen LogP contribution in [0.2, 0.25) is 0 Å². The Balaban J connectivity index is 1.84. The number of rotatable bonds is 5. The van der Waals surface area contributed by atoms with Crippen molar-refractivity contribution >= 4 is 34.3 Å². The summed E-state index contributed by atoms with van der Waals surface area (Å²) in [4.78, 5) is 26.1. The molecule has 144 valence electrons. The molecule has 1 aliphatic rings. The summed E-state index contributed by atoms with van der Waals surface area (Å²) < 4.78 is 10.7. The van der Waals surface area contributed by atoms with Gasteiger partial charge in [0.05, 0.1) is 12.2 Å². The number of carbonyl (C=O) groups excluding carboxylic acids is 2. The lowest BCUT2D eigenvalue weighted by molar-refractivity contribution is -0.111. The number of furan rings is 1. The minimum atomic E-state index is -0.350. The summed E-state index contributed by atoms with van der Waals surface area (Å²) in [5, 5.41) is 3.46. The second-order valence-corrected chi connectivity index (χ2v) is 7.72. The van der Waals surface area contributed by atoms with E-state index in [0.29, 0.717) is 22.9 Å². The molecule has 1 aliphatic carbocycles. The first kappa shape index (κ1) is 19.4. The van der Waals surface area contributed by atoms with Gasteiger partial charge in [-0.3, -0.25) is 4.79 Å². The molecule has 0 fully saturated rings. The third-order valence-corrected chi connectivity index (χ3v) is 5.75. The molecule has 2 heterocycles. The predicted molar refractivity (Wildman–Crippen MR) is 107 cm³/mol. The lowest BCUT2D eigenvalue weighted by Gasteiger charge is -2.11. The molecule has 2 aromatic rings. The van der Waals surface area contributed by atoms with Gasteiger partial charge in [-0.1, -0.05) is 12.8 Å². The minimum absolute atomic E-state index is 0.288. The van der Waals surface area contributed by atoms with Crippen LogP contribution in [0.5, 0.6) is 0 Å². The van der Waals surface area contributed by atoms with Gasteiger partial charge in [0, 0.05) is 11.0 Å². The predicted octanol–water partition coefficient (Wildman–Crippen LogP) is 5.14. The molecule has 2 aromatic heterocycles. The highest BCUT2D eigenvalue weighted by atomic mass is 32.1. The van der Waals surface area contributed by atoms with E-state index in [1.165, 1.54) is 35.1 Å². The smallest absolute Gasteiger partial charge is 0.341 e. The van der Waals surface area contributed by atoms with Gasteiger partial charge in [-0.15, -0.1) is 11.3 Å². The van der Waals surface area contributed by atoms with E-state index in [0.717, 1.165) is 37.0 Å². The van der Waals surface area contributed by atoms with Gasteiger partial charge in [0.15, 0.2) is 0 Å². The number of anilines is 1. The maximum Gasteiger partial charge on any atom is 0.341 e. The van der Waals surface area contributed by atoms with Gasteiger partial charge in [-0.2, -0.15) is 0 Å². The lowest BCUT2D eigenvalue weighted by Crippen LogP contribution is -2.13. The lowest BCUT2D eigenvalue weighted by atomic mass is 9.96. The van der Waals surface area contributed by atoms with Crippen LogP contribution >= 0.6 is 11.3 Å². The van der Waals surface area contributed by atoms with Crippen molar-refractivity contribution < 1.29 is 18.7 Å². The second-order valence-electron chi connectivity index (χ2n) is 6.61. The Morgan fingerprint density at radius 1 is 1.22 bits per heavy atom. The molecule has 0 spiro atoms. The average Bonchev–Trinajstić information content (AvgIpc) is 3.17. The number of ether oxygens (including phenoxy) is 1. The first-order chi connectivity index (χ1) is 13.1. The number of aryl methyl sites for hydroxylation is 2. The van der Waals surface area contributed by atoms with Crippen molar-refractivity contribution in [3.05, 3.63) is 45.7 Å². The van der Waals surface area contributed by atoms with Crippen LogP contribution in [0.4, 0.5) is 5.00 Å². The zero-order valence-corrected chi connectivity index (χ0v) is 16.6.